The van der Waals surface area contributed by atoms with Crippen molar-refractivity contribution in [2.24, 2.45) is 0 Å². The van der Waals surface area contributed by atoms with E-state index in [0.29, 0.717) is 36.1 Å². The summed E-state index contributed by atoms with van der Waals surface area (Å²) >= 11 is 0. The fourth-order valence-electron chi connectivity index (χ4n) is 3.72. The average molecular weight is 418 g/mol. The van der Waals surface area contributed by atoms with Crippen LogP contribution < -0.4 is 0 Å². The van der Waals surface area contributed by atoms with Gasteiger partial charge in [-0.05, 0) is 37.1 Å². The van der Waals surface area contributed by atoms with Crippen LogP contribution in [0.1, 0.15) is 29.2 Å². The Kier molecular flexibility index (Phi) is 4.99. The summed E-state index contributed by atoms with van der Waals surface area (Å²) in [5.74, 6) is 0.299. The second-order valence-corrected chi connectivity index (χ2v) is 7.43. The lowest BCUT2D eigenvalue weighted by Gasteiger charge is -2.32. The molecule has 1 fully saturated rings. The van der Waals surface area contributed by atoms with Crippen LogP contribution in [0.4, 0.5) is 4.39 Å². The Morgan fingerprint density at radius 2 is 1.90 bits per heavy atom. The molecular weight excluding hydrogens is 399 g/mol. The minimum Gasteiger partial charge on any atom is -0.337 e. The standard InChI is InChI=1S/C22H19FN6O2/c23-17-10-8-16(9-11-17)22(30)28-12-4-7-18(13-28)29-14-19(25-27-29)21-24-20(26-31-21)15-5-2-1-3-6-15/h1-3,5-6,8-11,14,18H,4,7,12-13H2. The van der Waals surface area contributed by atoms with Crippen LogP contribution in [0, 0.1) is 5.82 Å². The molecule has 4 aromatic rings. The fourth-order valence-corrected chi connectivity index (χ4v) is 3.72. The highest BCUT2D eigenvalue weighted by atomic mass is 19.1. The van der Waals surface area contributed by atoms with Gasteiger partial charge in [0, 0.05) is 24.2 Å². The van der Waals surface area contributed by atoms with Crippen LogP contribution in [-0.2, 0) is 0 Å². The van der Waals surface area contributed by atoms with Gasteiger partial charge in [-0.3, -0.25) is 4.79 Å². The van der Waals surface area contributed by atoms with Gasteiger partial charge in [0.1, 0.15) is 5.82 Å². The number of piperidine rings is 1. The maximum Gasteiger partial charge on any atom is 0.280 e. The van der Waals surface area contributed by atoms with Crippen LogP contribution >= 0.6 is 0 Å². The van der Waals surface area contributed by atoms with Crippen molar-refractivity contribution in [3.8, 4) is 23.0 Å². The molecular formula is C22H19FN6O2. The van der Waals surface area contributed by atoms with E-state index >= 15 is 0 Å². The minimum atomic E-state index is -0.361. The number of aromatic nitrogens is 5. The summed E-state index contributed by atoms with van der Waals surface area (Å²) < 4.78 is 20.3. The van der Waals surface area contributed by atoms with E-state index in [2.05, 4.69) is 20.5 Å². The van der Waals surface area contributed by atoms with Gasteiger partial charge in [0.15, 0.2) is 5.69 Å². The highest BCUT2D eigenvalue weighted by Crippen LogP contribution is 2.25. The zero-order valence-corrected chi connectivity index (χ0v) is 16.6. The van der Waals surface area contributed by atoms with Gasteiger partial charge in [-0.15, -0.1) is 5.10 Å². The molecule has 1 atom stereocenters. The van der Waals surface area contributed by atoms with Gasteiger partial charge in [-0.2, -0.15) is 4.98 Å². The molecule has 1 saturated heterocycles. The van der Waals surface area contributed by atoms with Crippen molar-refractivity contribution in [2.45, 2.75) is 18.9 Å². The van der Waals surface area contributed by atoms with Gasteiger partial charge in [0.25, 0.3) is 11.8 Å². The maximum atomic E-state index is 13.2. The fraction of sp³-hybridized carbons (Fsp3) is 0.227. The molecule has 0 N–H and O–H groups in total. The van der Waals surface area contributed by atoms with E-state index in [1.54, 1.807) is 15.8 Å². The smallest absolute Gasteiger partial charge is 0.280 e. The lowest BCUT2D eigenvalue weighted by atomic mass is 10.0. The predicted octanol–water partition coefficient (Wildman–Crippen LogP) is 3.61. The summed E-state index contributed by atoms with van der Waals surface area (Å²) in [5, 5.41) is 12.4. The topological polar surface area (TPSA) is 89.9 Å². The highest BCUT2D eigenvalue weighted by Gasteiger charge is 2.27. The summed E-state index contributed by atoms with van der Waals surface area (Å²) in [6.07, 6.45) is 3.47. The molecule has 0 spiro atoms. The van der Waals surface area contributed by atoms with Crippen molar-refractivity contribution in [2.75, 3.05) is 13.1 Å². The Hall–Kier alpha value is -3.88. The number of carbonyl (C=O) groups is 1. The molecule has 0 saturated carbocycles. The molecule has 5 rings (SSSR count). The van der Waals surface area contributed by atoms with Gasteiger partial charge >= 0.3 is 0 Å². The third-order valence-electron chi connectivity index (χ3n) is 5.34. The van der Waals surface area contributed by atoms with Crippen molar-refractivity contribution in [1.82, 2.24) is 30.0 Å². The van der Waals surface area contributed by atoms with Crippen LogP contribution in [0.15, 0.2) is 65.3 Å². The molecule has 1 aliphatic heterocycles. The van der Waals surface area contributed by atoms with Crippen LogP contribution in [0.5, 0.6) is 0 Å². The summed E-state index contributed by atoms with van der Waals surface area (Å²) in [7, 11) is 0. The summed E-state index contributed by atoms with van der Waals surface area (Å²) in [5.41, 5.74) is 1.81. The van der Waals surface area contributed by atoms with E-state index in [1.165, 1.54) is 24.3 Å². The molecule has 1 amide bonds. The first kappa shape index (κ1) is 19.1. The van der Waals surface area contributed by atoms with E-state index in [1.807, 2.05) is 30.3 Å². The summed E-state index contributed by atoms with van der Waals surface area (Å²) in [6, 6.07) is 15.1. The number of carbonyl (C=O) groups excluding carboxylic acids is 1. The third-order valence-corrected chi connectivity index (χ3v) is 5.34. The van der Waals surface area contributed by atoms with Gasteiger partial charge in [0.2, 0.25) is 5.82 Å². The first-order valence-electron chi connectivity index (χ1n) is 10.0. The van der Waals surface area contributed by atoms with Crippen LogP contribution in [0.2, 0.25) is 0 Å². The van der Waals surface area contributed by atoms with Gasteiger partial charge in [-0.25, -0.2) is 9.07 Å². The van der Waals surface area contributed by atoms with E-state index in [4.69, 9.17) is 4.52 Å². The first-order chi connectivity index (χ1) is 15.2. The van der Waals surface area contributed by atoms with Crippen LogP contribution in [0.25, 0.3) is 23.0 Å². The number of benzene rings is 2. The minimum absolute atomic E-state index is 0.0177. The Bertz CT molecular complexity index is 1190. The molecule has 9 heteroatoms. The highest BCUT2D eigenvalue weighted by molar-refractivity contribution is 5.94. The monoisotopic (exact) mass is 418 g/mol. The number of rotatable bonds is 4. The molecule has 31 heavy (non-hydrogen) atoms. The number of likely N-dealkylation sites (tertiary alicyclic amines) is 1. The van der Waals surface area contributed by atoms with E-state index in [9.17, 15) is 9.18 Å². The summed E-state index contributed by atoms with van der Waals surface area (Å²) in [4.78, 5) is 19.0. The zero-order chi connectivity index (χ0) is 21.2. The first-order valence-corrected chi connectivity index (χ1v) is 10.0. The van der Waals surface area contributed by atoms with E-state index in [0.717, 1.165) is 18.4 Å². The Labute approximate surface area is 177 Å². The van der Waals surface area contributed by atoms with E-state index < -0.39 is 0 Å². The Morgan fingerprint density at radius 1 is 1.10 bits per heavy atom. The van der Waals surface area contributed by atoms with Crippen molar-refractivity contribution in [3.63, 3.8) is 0 Å². The normalized spacial score (nSPS) is 16.4. The summed E-state index contributed by atoms with van der Waals surface area (Å²) in [6.45, 7) is 1.15. The SMILES string of the molecule is O=C(c1ccc(F)cc1)N1CCCC(n2cc(-c3nc(-c4ccccc4)no3)nn2)C1. The van der Waals surface area contributed by atoms with Crippen LogP contribution in [-0.4, -0.2) is 49.0 Å². The molecule has 0 radical (unpaired) electrons. The molecule has 0 bridgehead atoms. The molecule has 2 aromatic heterocycles. The molecule has 1 unspecified atom stereocenters. The van der Waals surface area contributed by atoms with Gasteiger partial charge in [-0.1, -0.05) is 40.7 Å². The third kappa shape index (κ3) is 3.94. The number of nitrogens with zero attached hydrogens (tertiary/aromatic N) is 6. The van der Waals surface area contributed by atoms with Crippen molar-refractivity contribution in [3.05, 3.63) is 72.2 Å². The molecule has 8 nitrogen and oxygen atoms in total. The molecule has 1 aliphatic rings. The van der Waals surface area contributed by atoms with Gasteiger partial charge in [0.05, 0.1) is 12.2 Å². The molecule has 156 valence electrons. The van der Waals surface area contributed by atoms with Crippen molar-refractivity contribution in [1.29, 1.82) is 0 Å². The Balaban J connectivity index is 1.31. The van der Waals surface area contributed by atoms with Crippen molar-refractivity contribution >= 4 is 5.91 Å². The number of hydrogen-bond donors (Lipinski definition) is 0. The lowest BCUT2D eigenvalue weighted by Crippen LogP contribution is -2.40. The number of halogens is 1. The predicted molar refractivity (Wildman–Crippen MR) is 109 cm³/mol. The second-order valence-electron chi connectivity index (χ2n) is 7.43. The average Bonchev–Trinajstić information content (AvgIpc) is 3.50. The number of amides is 1. The Morgan fingerprint density at radius 3 is 2.71 bits per heavy atom. The molecule has 3 heterocycles. The number of hydrogen-bond acceptors (Lipinski definition) is 6. The lowest BCUT2D eigenvalue weighted by molar-refractivity contribution is 0.0672. The van der Waals surface area contributed by atoms with Gasteiger partial charge < -0.3 is 9.42 Å². The molecule has 0 aliphatic carbocycles. The quantitative estimate of drug-likeness (QED) is 0.503. The largest absolute Gasteiger partial charge is 0.337 e. The van der Waals surface area contributed by atoms with E-state index in [-0.39, 0.29) is 17.8 Å². The van der Waals surface area contributed by atoms with Crippen molar-refractivity contribution < 1.29 is 13.7 Å². The van der Waals surface area contributed by atoms with Crippen LogP contribution in [0.3, 0.4) is 0 Å². The zero-order valence-electron chi connectivity index (χ0n) is 16.6. The second kappa shape index (κ2) is 8.10. The molecule has 2 aromatic carbocycles. The maximum absolute atomic E-state index is 13.2.